The van der Waals surface area contributed by atoms with E-state index in [1.807, 2.05) is 6.07 Å². The maximum atomic E-state index is 12.6. The molecule has 0 radical (unpaired) electrons. The number of methoxy groups -OCH3 is 1. The van der Waals surface area contributed by atoms with E-state index in [4.69, 9.17) is 16.3 Å². The smallest absolute Gasteiger partial charge is 0.387 e. The summed E-state index contributed by atoms with van der Waals surface area (Å²) in [5.74, 6) is -0.255. The molecule has 0 unspecified atom stereocenters. The maximum Gasteiger partial charge on any atom is 0.387 e. The number of para-hydroxylation sites is 1. The molecule has 0 atom stereocenters. The van der Waals surface area contributed by atoms with Crippen LogP contribution in [0.25, 0.3) is 6.08 Å². The number of carbonyl (C=O) groups excluding carboxylic acids is 1. The number of carbonyl (C=O) groups is 1. The topological polar surface area (TPSA) is 38.8 Å². The number of hydrogen-bond donors (Lipinski definition) is 0. The summed E-state index contributed by atoms with van der Waals surface area (Å²) in [6.07, 6.45) is 2.70. The number of hydrogen-bond acceptors (Lipinski definition) is 3. The van der Waals surface area contributed by atoms with E-state index in [1.54, 1.807) is 37.4 Å². The molecule has 1 amide bonds. The maximum absolute atomic E-state index is 12.6. The van der Waals surface area contributed by atoms with Gasteiger partial charge in [0.1, 0.15) is 0 Å². The molecule has 2 aromatic carbocycles. The van der Waals surface area contributed by atoms with Crippen molar-refractivity contribution < 1.29 is 23.0 Å². The van der Waals surface area contributed by atoms with Crippen LogP contribution in [0.5, 0.6) is 11.5 Å². The van der Waals surface area contributed by atoms with Crippen molar-refractivity contribution in [1.82, 2.24) is 4.90 Å². The lowest BCUT2D eigenvalue weighted by Gasteiger charge is -2.16. The van der Waals surface area contributed by atoms with Crippen LogP contribution in [0.3, 0.4) is 0 Å². The largest absolute Gasteiger partial charge is 0.493 e. The Morgan fingerprint density at radius 3 is 2.65 bits per heavy atom. The molecular formula is C19H18ClF2NO3. The molecule has 0 fully saturated rings. The van der Waals surface area contributed by atoms with Crippen LogP contribution in [-0.2, 0) is 11.3 Å². The zero-order valence-electron chi connectivity index (χ0n) is 14.3. The predicted molar refractivity (Wildman–Crippen MR) is 96.6 cm³/mol. The van der Waals surface area contributed by atoms with Crippen LogP contribution in [0.15, 0.2) is 48.5 Å². The second kappa shape index (κ2) is 9.20. The highest BCUT2D eigenvalue weighted by Gasteiger charge is 2.14. The lowest BCUT2D eigenvalue weighted by Crippen LogP contribution is -2.24. The third kappa shape index (κ3) is 5.46. The Bertz CT molecular complexity index is 796. The Morgan fingerprint density at radius 1 is 1.27 bits per heavy atom. The Morgan fingerprint density at radius 2 is 2.00 bits per heavy atom. The van der Waals surface area contributed by atoms with Gasteiger partial charge in [0, 0.05) is 30.3 Å². The average Bonchev–Trinajstić information content (AvgIpc) is 2.60. The van der Waals surface area contributed by atoms with Crippen LogP contribution in [0.2, 0.25) is 5.02 Å². The van der Waals surface area contributed by atoms with Crippen molar-refractivity contribution in [3.05, 3.63) is 64.7 Å². The molecular weight excluding hydrogens is 364 g/mol. The molecule has 0 saturated heterocycles. The summed E-state index contributed by atoms with van der Waals surface area (Å²) in [4.78, 5) is 13.8. The predicted octanol–water partition coefficient (Wildman–Crippen LogP) is 4.62. The molecule has 0 bridgehead atoms. The van der Waals surface area contributed by atoms with Crippen molar-refractivity contribution in [1.29, 1.82) is 0 Å². The summed E-state index contributed by atoms with van der Waals surface area (Å²) in [6, 6.07) is 11.9. The molecule has 0 aliphatic heterocycles. The number of amides is 1. The Labute approximate surface area is 155 Å². The normalized spacial score (nSPS) is 11.0. The standard InChI is InChI=1S/C19H18ClF2NO3/c1-23(12-13-5-3-7-15(20)11-13)17(24)10-9-14-6-4-8-16(25-2)18(14)26-19(21)22/h3-11,19H,12H2,1-2H3/b10-9+. The number of halogens is 3. The molecule has 26 heavy (non-hydrogen) atoms. The molecule has 0 aliphatic carbocycles. The SMILES string of the molecule is COc1cccc(/C=C/C(=O)N(C)Cc2cccc(Cl)c2)c1OC(F)F. The van der Waals surface area contributed by atoms with Crippen LogP contribution in [0.1, 0.15) is 11.1 Å². The lowest BCUT2D eigenvalue weighted by atomic mass is 10.1. The van der Waals surface area contributed by atoms with Gasteiger partial charge in [0.25, 0.3) is 0 Å². The highest BCUT2D eigenvalue weighted by atomic mass is 35.5. The molecule has 138 valence electrons. The van der Waals surface area contributed by atoms with Gasteiger partial charge in [0.15, 0.2) is 11.5 Å². The molecule has 2 rings (SSSR count). The summed E-state index contributed by atoms with van der Waals surface area (Å²) in [5, 5.41) is 0.587. The first-order valence-electron chi connectivity index (χ1n) is 7.70. The molecule has 2 aromatic rings. The van der Waals surface area contributed by atoms with Crippen molar-refractivity contribution in [3.8, 4) is 11.5 Å². The number of likely N-dealkylation sites (N-methyl/N-ethyl adjacent to an activating group) is 1. The average molecular weight is 382 g/mol. The van der Waals surface area contributed by atoms with Crippen molar-refractivity contribution in [3.63, 3.8) is 0 Å². The van der Waals surface area contributed by atoms with Crippen LogP contribution >= 0.6 is 11.6 Å². The Balaban J connectivity index is 2.14. The van der Waals surface area contributed by atoms with Gasteiger partial charge in [-0.1, -0.05) is 35.9 Å². The Hall–Kier alpha value is -2.60. The summed E-state index contributed by atoms with van der Waals surface area (Å²) >= 11 is 5.93. The zero-order chi connectivity index (χ0) is 19.1. The second-order valence-corrected chi connectivity index (χ2v) is 5.85. The monoisotopic (exact) mass is 381 g/mol. The van der Waals surface area contributed by atoms with Crippen LogP contribution < -0.4 is 9.47 Å². The van der Waals surface area contributed by atoms with Crippen molar-refractivity contribution in [2.24, 2.45) is 0 Å². The Kier molecular flexibility index (Phi) is 6.97. The molecule has 0 spiro atoms. The fraction of sp³-hybridized carbons (Fsp3) is 0.211. The third-order valence-electron chi connectivity index (χ3n) is 3.53. The van der Waals surface area contributed by atoms with E-state index in [0.29, 0.717) is 17.1 Å². The van der Waals surface area contributed by atoms with E-state index in [-0.39, 0.29) is 17.4 Å². The van der Waals surface area contributed by atoms with Crippen molar-refractivity contribution >= 4 is 23.6 Å². The highest BCUT2D eigenvalue weighted by molar-refractivity contribution is 6.30. The number of benzene rings is 2. The minimum Gasteiger partial charge on any atom is -0.493 e. The van der Waals surface area contributed by atoms with Gasteiger partial charge in [-0.05, 0) is 29.8 Å². The lowest BCUT2D eigenvalue weighted by molar-refractivity contribution is -0.125. The van der Waals surface area contributed by atoms with Crippen LogP contribution in [-0.4, -0.2) is 31.6 Å². The van der Waals surface area contributed by atoms with Crippen LogP contribution in [0, 0.1) is 0 Å². The summed E-state index contributed by atoms with van der Waals surface area (Å²) < 4.78 is 34.8. The first kappa shape index (κ1) is 19.7. The molecule has 4 nitrogen and oxygen atoms in total. The molecule has 0 heterocycles. The van der Waals surface area contributed by atoms with Gasteiger partial charge in [0.05, 0.1) is 7.11 Å². The van der Waals surface area contributed by atoms with E-state index in [1.165, 1.54) is 30.2 Å². The summed E-state index contributed by atoms with van der Waals surface area (Å²) in [7, 11) is 2.99. The number of rotatable bonds is 7. The van der Waals surface area contributed by atoms with Gasteiger partial charge in [0.2, 0.25) is 5.91 Å². The number of ether oxygens (including phenoxy) is 2. The van der Waals surface area contributed by atoms with E-state index >= 15 is 0 Å². The molecule has 0 aliphatic rings. The van der Waals surface area contributed by atoms with E-state index in [9.17, 15) is 13.6 Å². The van der Waals surface area contributed by atoms with E-state index in [0.717, 1.165) is 5.56 Å². The summed E-state index contributed by atoms with van der Waals surface area (Å²) in [6.45, 7) is -2.64. The van der Waals surface area contributed by atoms with Gasteiger partial charge in [-0.2, -0.15) is 8.78 Å². The molecule has 0 aromatic heterocycles. The third-order valence-corrected chi connectivity index (χ3v) is 3.76. The second-order valence-electron chi connectivity index (χ2n) is 5.41. The minimum absolute atomic E-state index is 0.119. The van der Waals surface area contributed by atoms with Crippen molar-refractivity contribution in [2.75, 3.05) is 14.2 Å². The first-order valence-corrected chi connectivity index (χ1v) is 8.08. The van der Waals surface area contributed by atoms with Gasteiger partial charge >= 0.3 is 6.61 Å². The van der Waals surface area contributed by atoms with Gasteiger partial charge in [-0.3, -0.25) is 4.79 Å². The quantitative estimate of drug-likeness (QED) is 0.657. The number of alkyl halides is 2. The van der Waals surface area contributed by atoms with Gasteiger partial charge in [-0.15, -0.1) is 0 Å². The molecule has 7 heteroatoms. The van der Waals surface area contributed by atoms with E-state index in [2.05, 4.69) is 4.74 Å². The fourth-order valence-corrected chi connectivity index (χ4v) is 2.53. The summed E-state index contributed by atoms with van der Waals surface area (Å²) in [5.41, 5.74) is 1.19. The highest BCUT2D eigenvalue weighted by Crippen LogP contribution is 2.33. The first-order chi connectivity index (χ1) is 12.4. The van der Waals surface area contributed by atoms with Gasteiger partial charge < -0.3 is 14.4 Å². The molecule has 0 N–H and O–H groups in total. The van der Waals surface area contributed by atoms with Crippen molar-refractivity contribution in [2.45, 2.75) is 13.2 Å². The van der Waals surface area contributed by atoms with Gasteiger partial charge in [-0.25, -0.2) is 0 Å². The molecule has 0 saturated carbocycles. The zero-order valence-corrected chi connectivity index (χ0v) is 15.0. The fourth-order valence-electron chi connectivity index (χ4n) is 2.32. The van der Waals surface area contributed by atoms with Crippen LogP contribution in [0.4, 0.5) is 8.78 Å². The van der Waals surface area contributed by atoms with E-state index < -0.39 is 6.61 Å². The number of nitrogens with zero attached hydrogens (tertiary/aromatic N) is 1. The minimum atomic E-state index is -3.00.